The lowest BCUT2D eigenvalue weighted by atomic mass is 9.90. The van der Waals surface area contributed by atoms with Crippen molar-refractivity contribution in [1.82, 2.24) is 29.7 Å². The third-order valence-corrected chi connectivity index (χ3v) is 15.5. The average Bonchev–Trinajstić information content (AvgIpc) is 3.78. The summed E-state index contributed by atoms with van der Waals surface area (Å²) in [7, 11) is 3.76. The molecule has 6 aromatic rings. The van der Waals surface area contributed by atoms with Gasteiger partial charge in [-0.15, -0.1) is 11.3 Å². The van der Waals surface area contributed by atoms with Crippen molar-refractivity contribution in [1.29, 1.82) is 0 Å². The number of allylic oxidation sites excluding steroid dienone is 2. The zero-order valence-electron chi connectivity index (χ0n) is 41.3. The number of aliphatic carboxylic acids is 1. The molecule has 0 unspecified atom stereocenters. The summed E-state index contributed by atoms with van der Waals surface area (Å²) >= 11 is 16.0. The molecule has 386 valence electrons. The van der Waals surface area contributed by atoms with Crippen LogP contribution in [-0.2, 0) is 32.0 Å². The zero-order chi connectivity index (χ0) is 51.0. The fourth-order valence-corrected chi connectivity index (χ4v) is 11.0. The second kappa shape index (κ2) is 24.2. The number of aromatic nitrogens is 4. The molecule has 4 bridgehead atoms. The molecule has 3 aromatic carbocycles. The maximum atomic E-state index is 14.4. The molecule has 6 heterocycles. The lowest BCUT2D eigenvalue weighted by molar-refractivity contribution is -0.145. The van der Waals surface area contributed by atoms with Crippen molar-refractivity contribution in [3.05, 3.63) is 111 Å². The fourth-order valence-electron chi connectivity index (χ4n) is 9.35. The molecule has 0 saturated carbocycles. The molecule has 15 nitrogen and oxygen atoms in total. The van der Waals surface area contributed by atoms with Gasteiger partial charge in [0.2, 0.25) is 12.0 Å². The predicted octanol–water partition coefficient (Wildman–Crippen LogP) is 9.78. The lowest BCUT2D eigenvalue weighted by Crippen LogP contribution is -2.49. The number of carbonyl (C=O) groups is 1. The minimum Gasteiger partial charge on any atom is -0.490 e. The molecule has 0 radical (unpaired) electrons. The highest BCUT2D eigenvalue weighted by atomic mass is 35.5. The van der Waals surface area contributed by atoms with Gasteiger partial charge in [0.05, 0.1) is 47.6 Å². The first kappa shape index (κ1) is 52.4. The van der Waals surface area contributed by atoms with Gasteiger partial charge in [0.15, 0.2) is 11.6 Å². The number of piperazine rings is 1. The van der Waals surface area contributed by atoms with Crippen LogP contribution in [0.3, 0.4) is 0 Å². The van der Waals surface area contributed by atoms with E-state index in [0.29, 0.717) is 133 Å². The predicted molar refractivity (Wildman–Crippen MR) is 279 cm³/mol. The lowest BCUT2D eigenvalue weighted by Gasteiger charge is -2.35. The monoisotopic (exact) mass is 1060 g/mol. The van der Waals surface area contributed by atoms with Gasteiger partial charge in [0.1, 0.15) is 47.8 Å². The van der Waals surface area contributed by atoms with Gasteiger partial charge in [0, 0.05) is 75.1 Å². The van der Waals surface area contributed by atoms with Gasteiger partial charge in [-0.3, -0.25) is 4.90 Å². The Bertz CT molecular complexity index is 2910. The van der Waals surface area contributed by atoms with Gasteiger partial charge in [-0.05, 0) is 110 Å². The Balaban J connectivity index is 1.05. The van der Waals surface area contributed by atoms with Crippen molar-refractivity contribution in [2.45, 2.75) is 58.3 Å². The fraction of sp³-hybridized carbons (Fsp3) is 0.426. The molecule has 0 amide bonds. The third kappa shape index (κ3) is 12.5. The van der Waals surface area contributed by atoms with E-state index in [1.54, 1.807) is 49.7 Å². The van der Waals surface area contributed by atoms with E-state index >= 15 is 0 Å². The SMILES string of the molecule is COCCOCCOC[C@@H]1CC=C(c2nccc(COc3ccc4cc3C[C@H](C(=O)O)Oc3ncnc5sc(-c6ccc(F)cc6)c(c35)-c3c(C)c(Cl)c(c(Cl)c3C)O[C@H](CN3CCN(C)CC3)CO4)n2)CC1. The van der Waals surface area contributed by atoms with Crippen molar-refractivity contribution < 1.29 is 47.4 Å². The summed E-state index contributed by atoms with van der Waals surface area (Å²) in [4.78, 5) is 38.0. The van der Waals surface area contributed by atoms with E-state index in [-0.39, 0.29) is 25.5 Å². The summed E-state index contributed by atoms with van der Waals surface area (Å²) in [5.74, 6) is 0.633. The molecule has 0 spiro atoms. The number of methoxy groups -OCH3 is 1. The number of hydrogen-bond donors (Lipinski definition) is 1. The van der Waals surface area contributed by atoms with Crippen molar-refractivity contribution in [2.75, 3.05) is 86.5 Å². The van der Waals surface area contributed by atoms with Gasteiger partial charge < -0.3 is 43.2 Å². The number of fused-ring (bicyclic) bond motifs is 7. The highest BCUT2D eigenvalue weighted by molar-refractivity contribution is 7.22. The van der Waals surface area contributed by atoms with Crippen LogP contribution in [0.25, 0.3) is 37.4 Å². The molecule has 10 rings (SSSR count). The minimum atomic E-state index is -1.47. The number of hydrogen-bond acceptors (Lipinski definition) is 15. The topological polar surface area (TPSA) is 160 Å². The van der Waals surface area contributed by atoms with E-state index in [9.17, 15) is 14.3 Å². The number of rotatable bonds is 16. The largest absolute Gasteiger partial charge is 0.490 e. The Morgan fingerprint density at radius 1 is 0.932 bits per heavy atom. The summed E-state index contributed by atoms with van der Waals surface area (Å²) in [6.45, 7) is 10.8. The van der Waals surface area contributed by atoms with E-state index in [4.69, 9.17) is 61.3 Å². The minimum absolute atomic E-state index is 0.0301. The number of carboxylic acid groups (broad SMARTS) is 1. The molecule has 3 atom stereocenters. The van der Waals surface area contributed by atoms with Crippen LogP contribution in [0.15, 0.2) is 67.1 Å². The average molecular weight is 1060 g/mol. The van der Waals surface area contributed by atoms with Gasteiger partial charge in [-0.2, -0.15) is 0 Å². The van der Waals surface area contributed by atoms with Crippen LogP contribution >= 0.6 is 34.5 Å². The Hall–Kier alpha value is -5.50. The molecular weight excluding hydrogens is 999 g/mol. The standard InChI is InChI=1S/C54H59Cl2FN6O9S/c1-32-44-33(2)48(56)49(47(32)55)71-41(27-63-19-17-62(3)18-20-63)30-69-40-13-14-42(70-29-39-15-16-58-51(61-39)36-7-5-34(6-8-36)28-68-24-23-67-22-21-66-4)37(25-40)26-43(54(64)65)72-52-46-45(44)50(73-53(46)60-31-59-52)35-9-11-38(57)12-10-35/h7,9-16,25,31,34,41,43H,5-6,8,17-24,26-30H2,1-4H3,(H,64,65)/t34-,41-,43-/m1/s1. The quantitative estimate of drug-likeness (QED) is 0.0912. The molecule has 3 aromatic heterocycles. The summed E-state index contributed by atoms with van der Waals surface area (Å²) in [6, 6.07) is 13.3. The smallest absolute Gasteiger partial charge is 0.345 e. The second-order valence-corrected chi connectivity index (χ2v) is 20.3. The Morgan fingerprint density at radius 3 is 2.44 bits per heavy atom. The maximum Gasteiger partial charge on any atom is 0.345 e. The molecule has 73 heavy (non-hydrogen) atoms. The van der Waals surface area contributed by atoms with Gasteiger partial charge in [-0.1, -0.05) is 41.4 Å². The molecule has 1 N–H and O–H groups in total. The Kier molecular flexibility index (Phi) is 17.4. The number of thiophene rings is 1. The Labute approximate surface area is 438 Å². The van der Waals surface area contributed by atoms with Crippen molar-refractivity contribution in [2.24, 2.45) is 5.92 Å². The summed E-state index contributed by atoms with van der Waals surface area (Å²) in [5, 5.41) is 12.0. The van der Waals surface area contributed by atoms with Crippen LogP contribution < -0.4 is 18.9 Å². The van der Waals surface area contributed by atoms with Crippen LogP contribution in [0.1, 0.15) is 47.5 Å². The van der Waals surface area contributed by atoms with E-state index in [2.05, 4.69) is 37.9 Å². The normalized spacial score (nSPS) is 18.7. The first-order valence-electron chi connectivity index (χ1n) is 24.5. The van der Waals surface area contributed by atoms with Crippen LogP contribution in [-0.4, -0.2) is 140 Å². The number of ether oxygens (including phenoxy) is 7. The molecule has 3 aliphatic heterocycles. The van der Waals surface area contributed by atoms with Crippen LogP contribution in [0.2, 0.25) is 10.0 Å². The number of benzene rings is 3. The van der Waals surface area contributed by atoms with Gasteiger partial charge >= 0.3 is 5.97 Å². The van der Waals surface area contributed by atoms with Crippen molar-refractivity contribution in [3.8, 4) is 44.7 Å². The zero-order valence-corrected chi connectivity index (χ0v) is 43.7. The Morgan fingerprint density at radius 2 is 1.70 bits per heavy atom. The van der Waals surface area contributed by atoms with Crippen LogP contribution in [0.5, 0.6) is 23.1 Å². The van der Waals surface area contributed by atoms with E-state index in [1.807, 2.05) is 13.8 Å². The molecular formula is C54H59Cl2FN6O9S. The molecule has 1 saturated heterocycles. The van der Waals surface area contributed by atoms with Crippen LogP contribution in [0, 0.1) is 25.6 Å². The summed E-state index contributed by atoms with van der Waals surface area (Å²) in [6.07, 6.45) is 5.73. The molecule has 1 fully saturated rings. The molecule has 1 aliphatic carbocycles. The van der Waals surface area contributed by atoms with Crippen molar-refractivity contribution >= 4 is 56.3 Å². The number of carboxylic acids is 1. The maximum absolute atomic E-state index is 14.4. The van der Waals surface area contributed by atoms with Crippen molar-refractivity contribution in [3.63, 3.8) is 0 Å². The number of nitrogens with zero attached hydrogens (tertiary/aromatic N) is 6. The highest BCUT2D eigenvalue weighted by Crippen LogP contribution is 2.53. The number of likely N-dealkylation sites (N-methyl/N-ethyl adjacent to an activating group) is 1. The third-order valence-electron chi connectivity index (χ3n) is 13.4. The first-order valence-corrected chi connectivity index (χ1v) is 26.0. The van der Waals surface area contributed by atoms with E-state index < -0.39 is 24.0 Å². The van der Waals surface area contributed by atoms with Crippen LogP contribution in [0.4, 0.5) is 4.39 Å². The molecule has 4 aliphatic rings. The highest BCUT2D eigenvalue weighted by Gasteiger charge is 2.32. The van der Waals surface area contributed by atoms with E-state index in [1.165, 1.54) is 29.8 Å². The van der Waals surface area contributed by atoms with Gasteiger partial charge in [-0.25, -0.2) is 29.1 Å². The summed E-state index contributed by atoms with van der Waals surface area (Å²) < 4.78 is 57.3. The van der Waals surface area contributed by atoms with E-state index in [0.717, 1.165) is 51.0 Å². The summed E-state index contributed by atoms with van der Waals surface area (Å²) in [5.41, 5.74) is 5.50. The second-order valence-electron chi connectivity index (χ2n) is 18.5. The first-order chi connectivity index (χ1) is 35.4. The van der Waals surface area contributed by atoms with Gasteiger partial charge in [0.25, 0.3) is 0 Å². The number of halogens is 3. The molecule has 19 heteroatoms.